The van der Waals surface area contributed by atoms with E-state index in [2.05, 4.69) is 22.2 Å². The fraction of sp³-hybridized carbons (Fsp3) is 0.346. The third-order valence-electron chi connectivity index (χ3n) is 5.72. The van der Waals surface area contributed by atoms with Gasteiger partial charge in [-0.15, -0.1) is 0 Å². The summed E-state index contributed by atoms with van der Waals surface area (Å²) in [6.45, 7) is 3.97. The van der Waals surface area contributed by atoms with Gasteiger partial charge in [-0.05, 0) is 37.0 Å². The van der Waals surface area contributed by atoms with Crippen molar-refractivity contribution in [3.63, 3.8) is 0 Å². The second-order valence-corrected chi connectivity index (χ2v) is 8.31. The molecule has 0 aliphatic heterocycles. The first-order chi connectivity index (χ1) is 16.3. The number of rotatable bonds is 10. The summed E-state index contributed by atoms with van der Waals surface area (Å²) in [5, 5.41) is 24.7. The van der Waals surface area contributed by atoms with Gasteiger partial charge in [0.2, 0.25) is 0 Å². The Balaban J connectivity index is 2.04. The van der Waals surface area contributed by atoms with E-state index in [-0.39, 0.29) is 29.0 Å². The first-order valence-corrected chi connectivity index (χ1v) is 11.4. The number of phenols is 2. The molecule has 0 saturated heterocycles. The molecule has 0 spiro atoms. The number of aromatic amines is 1. The molecule has 4 N–H and O–H groups in total. The van der Waals surface area contributed by atoms with Crippen molar-refractivity contribution in [1.82, 2.24) is 15.3 Å². The van der Waals surface area contributed by atoms with Crippen molar-refractivity contribution >= 4 is 11.9 Å². The number of methoxy groups -OCH3 is 1. The summed E-state index contributed by atoms with van der Waals surface area (Å²) in [7, 11) is 1.25. The van der Waals surface area contributed by atoms with Crippen LogP contribution in [0.4, 0.5) is 0 Å². The van der Waals surface area contributed by atoms with Crippen LogP contribution in [-0.2, 0) is 22.4 Å². The summed E-state index contributed by atoms with van der Waals surface area (Å²) in [4.78, 5) is 32.7. The van der Waals surface area contributed by atoms with E-state index in [1.54, 1.807) is 12.3 Å². The largest absolute Gasteiger partial charge is 0.507 e. The average Bonchev–Trinajstić information content (AvgIpc) is 3.31. The van der Waals surface area contributed by atoms with E-state index in [9.17, 15) is 19.8 Å². The van der Waals surface area contributed by atoms with Crippen molar-refractivity contribution in [2.75, 3.05) is 7.11 Å². The number of hydrogen-bond donors (Lipinski definition) is 4. The number of carbonyl (C=O) groups is 2. The Kier molecular flexibility index (Phi) is 8.29. The predicted octanol–water partition coefficient (Wildman–Crippen LogP) is 4.04. The molecule has 3 aromatic rings. The molecule has 34 heavy (non-hydrogen) atoms. The number of hydrogen-bond acceptors (Lipinski definition) is 6. The second-order valence-electron chi connectivity index (χ2n) is 8.31. The molecule has 1 aromatic heterocycles. The van der Waals surface area contributed by atoms with Crippen LogP contribution in [-0.4, -0.2) is 45.2 Å². The van der Waals surface area contributed by atoms with Gasteiger partial charge in [0.1, 0.15) is 17.5 Å². The van der Waals surface area contributed by atoms with Crippen molar-refractivity contribution in [3.8, 4) is 22.6 Å². The molecular formula is C26H31N3O5. The van der Waals surface area contributed by atoms with Gasteiger partial charge >= 0.3 is 5.97 Å². The van der Waals surface area contributed by atoms with E-state index in [1.807, 2.05) is 25.1 Å². The monoisotopic (exact) mass is 465 g/mol. The Bertz CT molecular complexity index is 1140. The van der Waals surface area contributed by atoms with Crippen molar-refractivity contribution < 1.29 is 24.5 Å². The number of esters is 1. The Morgan fingerprint density at radius 3 is 2.65 bits per heavy atom. The maximum Gasteiger partial charge on any atom is 0.328 e. The van der Waals surface area contributed by atoms with E-state index in [0.29, 0.717) is 23.2 Å². The quantitative estimate of drug-likeness (QED) is 0.265. The molecule has 0 bridgehead atoms. The van der Waals surface area contributed by atoms with Crippen LogP contribution in [0.1, 0.15) is 53.4 Å². The normalized spacial score (nSPS) is 11.7. The van der Waals surface area contributed by atoms with E-state index in [1.165, 1.54) is 19.5 Å². The van der Waals surface area contributed by atoms with Gasteiger partial charge in [-0.25, -0.2) is 9.78 Å². The summed E-state index contributed by atoms with van der Waals surface area (Å²) in [6.07, 6.45) is 6.39. The SMILES string of the molecule is CCCCCc1cc(O)c(-c2cccc(C)c2)c(O)c1C(=O)N[C@@H](Cc1cnc[nH]1)C(=O)OC. The number of ether oxygens (including phenoxy) is 1. The highest BCUT2D eigenvalue weighted by Gasteiger charge is 2.28. The third kappa shape index (κ3) is 5.75. The zero-order chi connectivity index (χ0) is 24.7. The minimum atomic E-state index is -0.989. The van der Waals surface area contributed by atoms with Gasteiger partial charge in [0.15, 0.2) is 0 Å². The molecule has 8 heteroatoms. The van der Waals surface area contributed by atoms with Crippen LogP contribution in [0, 0.1) is 6.92 Å². The molecule has 1 atom stereocenters. The number of H-pyrrole nitrogens is 1. The number of imidazole rings is 1. The zero-order valence-corrected chi connectivity index (χ0v) is 19.7. The molecule has 0 fully saturated rings. The van der Waals surface area contributed by atoms with Crippen molar-refractivity contribution in [2.45, 2.75) is 52.0 Å². The molecule has 0 unspecified atom stereocenters. The van der Waals surface area contributed by atoms with Crippen LogP contribution in [0.3, 0.4) is 0 Å². The molecule has 8 nitrogen and oxygen atoms in total. The van der Waals surface area contributed by atoms with Crippen LogP contribution >= 0.6 is 0 Å². The molecule has 0 aliphatic carbocycles. The van der Waals surface area contributed by atoms with E-state index < -0.39 is 17.9 Å². The van der Waals surface area contributed by atoms with E-state index in [4.69, 9.17) is 4.74 Å². The second kappa shape index (κ2) is 11.4. The van der Waals surface area contributed by atoms with Gasteiger partial charge < -0.3 is 25.3 Å². The van der Waals surface area contributed by atoms with Crippen LogP contribution < -0.4 is 5.32 Å². The van der Waals surface area contributed by atoms with E-state index >= 15 is 0 Å². The lowest BCUT2D eigenvalue weighted by Crippen LogP contribution is -2.43. The first kappa shape index (κ1) is 24.8. The number of phenolic OH excluding ortho intramolecular Hbond substituents is 2. The Hall–Kier alpha value is -3.81. The summed E-state index contributed by atoms with van der Waals surface area (Å²) in [6, 6.07) is 7.84. The maximum atomic E-state index is 13.5. The van der Waals surface area contributed by atoms with Crippen molar-refractivity contribution in [2.24, 2.45) is 0 Å². The number of nitrogens with one attached hydrogen (secondary N) is 2. The van der Waals surface area contributed by atoms with Gasteiger partial charge in [-0.1, -0.05) is 49.6 Å². The molecule has 1 heterocycles. The summed E-state index contributed by atoms with van der Waals surface area (Å²) in [5.74, 6) is -1.66. The molecule has 1 amide bonds. The number of benzene rings is 2. The summed E-state index contributed by atoms with van der Waals surface area (Å²) in [5.41, 5.74) is 2.92. The number of amides is 1. The number of nitrogens with zero attached hydrogens (tertiary/aromatic N) is 1. The highest BCUT2D eigenvalue weighted by atomic mass is 16.5. The van der Waals surface area contributed by atoms with Crippen LogP contribution in [0.15, 0.2) is 42.9 Å². The summed E-state index contributed by atoms with van der Waals surface area (Å²) >= 11 is 0. The molecule has 2 aromatic carbocycles. The molecule has 0 aliphatic rings. The average molecular weight is 466 g/mol. The highest BCUT2D eigenvalue weighted by molar-refractivity contribution is 6.03. The number of unbranched alkanes of at least 4 members (excludes halogenated alkanes) is 2. The van der Waals surface area contributed by atoms with Crippen LogP contribution in [0.5, 0.6) is 11.5 Å². The van der Waals surface area contributed by atoms with Gasteiger partial charge in [-0.3, -0.25) is 4.79 Å². The van der Waals surface area contributed by atoms with Gasteiger partial charge in [0.25, 0.3) is 5.91 Å². The van der Waals surface area contributed by atoms with Crippen molar-refractivity contribution in [1.29, 1.82) is 0 Å². The van der Waals surface area contributed by atoms with Crippen LogP contribution in [0.2, 0.25) is 0 Å². The smallest absolute Gasteiger partial charge is 0.328 e. The maximum absolute atomic E-state index is 13.5. The zero-order valence-electron chi connectivity index (χ0n) is 19.7. The minimum Gasteiger partial charge on any atom is -0.507 e. The Labute approximate surface area is 199 Å². The number of aromatic hydroxyl groups is 2. The Morgan fingerprint density at radius 2 is 2.00 bits per heavy atom. The first-order valence-electron chi connectivity index (χ1n) is 11.4. The molecule has 3 rings (SSSR count). The lowest BCUT2D eigenvalue weighted by Gasteiger charge is -2.20. The van der Waals surface area contributed by atoms with Gasteiger partial charge in [0.05, 0.1) is 24.6 Å². The van der Waals surface area contributed by atoms with E-state index in [0.717, 1.165) is 24.8 Å². The highest BCUT2D eigenvalue weighted by Crippen LogP contribution is 2.42. The number of aryl methyl sites for hydroxylation is 2. The topological polar surface area (TPSA) is 125 Å². The lowest BCUT2D eigenvalue weighted by molar-refractivity contribution is -0.142. The van der Waals surface area contributed by atoms with Crippen molar-refractivity contribution in [3.05, 3.63) is 65.2 Å². The Morgan fingerprint density at radius 1 is 1.21 bits per heavy atom. The molecular weight excluding hydrogens is 434 g/mol. The fourth-order valence-electron chi connectivity index (χ4n) is 3.99. The number of aromatic nitrogens is 2. The van der Waals surface area contributed by atoms with Crippen LogP contribution in [0.25, 0.3) is 11.1 Å². The fourth-order valence-corrected chi connectivity index (χ4v) is 3.99. The third-order valence-corrected chi connectivity index (χ3v) is 5.72. The van der Waals surface area contributed by atoms with Gasteiger partial charge in [0, 0.05) is 18.3 Å². The molecule has 0 radical (unpaired) electrons. The van der Waals surface area contributed by atoms with Gasteiger partial charge in [-0.2, -0.15) is 0 Å². The lowest BCUT2D eigenvalue weighted by atomic mass is 9.92. The summed E-state index contributed by atoms with van der Waals surface area (Å²) < 4.78 is 4.87. The molecule has 0 saturated carbocycles. The minimum absolute atomic E-state index is 0.0453. The predicted molar refractivity (Wildman–Crippen MR) is 129 cm³/mol. The molecule has 180 valence electrons. The number of carbonyl (C=O) groups excluding carboxylic acids is 2. The standard InChI is InChI=1S/C26H31N3O5/c1-4-5-6-9-18-12-21(30)22(17-10-7-8-16(2)11-17)24(31)23(18)25(32)29-20(26(33)34-3)13-19-14-27-15-28-19/h7-8,10-12,14-15,20,30-31H,4-6,9,13H2,1-3H3,(H,27,28)(H,29,32)/t20-/m0/s1.